The van der Waals surface area contributed by atoms with E-state index in [2.05, 4.69) is 15.0 Å². The molecule has 4 aliphatic carbocycles. The predicted molar refractivity (Wildman–Crippen MR) is 127 cm³/mol. The first-order valence-corrected chi connectivity index (χ1v) is 14.2. The lowest BCUT2D eigenvalue weighted by molar-refractivity contribution is -0.137. The fourth-order valence-corrected chi connectivity index (χ4v) is 9.21. The Hall–Kier alpha value is -1.98. The zero-order valence-corrected chi connectivity index (χ0v) is 20.8. The molecule has 5 fully saturated rings. The van der Waals surface area contributed by atoms with Gasteiger partial charge in [-0.2, -0.15) is 13.2 Å². The van der Waals surface area contributed by atoms with Gasteiger partial charge in [-0.3, -0.25) is 9.79 Å². The quantitative estimate of drug-likeness (QED) is 0.574. The topological polar surface area (TPSA) is 90.9 Å². The van der Waals surface area contributed by atoms with E-state index in [0.29, 0.717) is 18.3 Å². The van der Waals surface area contributed by atoms with Crippen LogP contribution in [0.3, 0.4) is 0 Å². The lowest BCUT2D eigenvalue weighted by atomic mass is 9.50. The summed E-state index contributed by atoms with van der Waals surface area (Å²) in [7, 11) is -4.00. The maximum Gasteiger partial charge on any atom is 0.416 e. The number of hydrogen-bond donors (Lipinski definition) is 2. The molecule has 2 aliphatic heterocycles. The van der Waals surface area contributed by atoms with Crippen molar-refractivity contribution in [3.05, 3.63) is 29.8 Å². The molecule has 3 atom stereocenters. The Labute approximate surface area is 209 Å². The molecule has 2 heterocycles. The van der Waals surface area contributed by atoms with Gasteiger partial charge < -0.3 is 10.2 Å². The van der Waals surface area contributed by atoms with Gasteiger partial charge in [0, 0.05) is 17.6 Å². The van der Waals surface area contributed by atoms with Crippen molar-refractivity contribution in [2.45, 2.75) is 79.6 Å². The highest BCUT2D eigenvalue weighted by Gasteiger charge is 2.59. The number of sulfonamides is 1. The van der Waals surface area contributed by atoms with E-state index in [-0.39, 0.29) is 28.9 Å². The third-order valence-corrected chi connectivity index (χ3v) is 10.4. The molecule has 0 radical (unpaired) electrons. The number of halogens is 3. The summed E-state index contributed by atoms with van der Waals surface area (Å²) in [4.78, 5) is 19.2. The molecule has 0 aromatic heterocycles. The first-order chi connectivity index (χ1) is 17.0. The van der Waals surface area contributed by atoms with Crippen molar-refractivity contribution in [1.82, 2.24) is 14.9 Å². The molecule has 7 rings (SSSR count). The van der Waals surface area contributed by atoms with Crippen LogP contribution in [-0.2, 0) is 21.0 Å². The average Bonchev–Trinajstić information content (AvgIpc) is 3.51. The summed E-state index contributed by atoms with van der Waals surface area (Å²) in [6.07, 6.45) is 2.32. The lowest BCUT2D eigenvalue weighted by Gasteiger charge is -2.62. The number of alkyl halides is 3. The summed E-state index contributed by atoms with van der Waals surface area (Å²) in [6.45, 7) is 1.74. The Morgan fingerprint density at radius 3 is 2.33 bits per heavy atom. The molecule has 1 aromatic rings. The van der Waals surface area contributed by atoms with Gasteiger partial charge in [0.15, 0.2) is 0 Å². The zero-order valence-electron chi connectivity index (χ0n) is 20.0. The molecular weight excluding hydrogens is 493 g/mol. The van der Waals surface area contributed by atoms with Gasteiger partial charge in [0.05, 0.1) is 35.3 Å². The van der Waals surface area contributed by atoms with Crippen LogP contribution in [0, 0.1) is 11.8 Å². The van der Waals surface area contributed by atoms with E-state index in [1.807, 2.05) is 4.90 Å². The molecule has 0 spiro atoms. The van der Waals surface area contributed by atoms with Gasteiger partial charge in [0.2, 0.25) is 15.9 Å². The summed E-state index contributed by atoms with van der Waals surface area (Å²) < 4.78 is 68.2. The molecule has 196 valence electrons. The molecule has 1 aromatic carbocycles. The Morgan fingerprint density at radius 1 is 1.08 bits per heavy atom. The van der Waals surface area contributed by atoms with E-state index in [4.69, 9.17) is 0 Å². The van der Waals surface area contributed by atoms with Gasteiger partial charge in [-0.05, 0) is 87.5 Å². The number of nitrogens with zero attached hydrogens (tertiary/aromatic N) is 2. The minimum absolute atomic E-state index is 0.0715. The number of hydrogen-bond acceptors (Lipinski definition) is 5. The second-order valence-electron chi connectivity index (χ2n) is 11.6. The monoisotopic (exact) mass is 524 g/mol. The predicted octanol–water partition coefficient (Wildman–Crippen LogP) is 3.11. The van der Waals surface area contributed by atoms with Crippen LogP contribution in [0.15, 0.2) is 34.2 Å². The second kappa shape index (κ2) is 8.26. The van der Waals surface area contributed by atoms with E-state index in [1.54, 1.807) is 0 Å². The van der Waals surface area contributed by atoms with Crippen molar-refractivity contribution in [3.63, 3.8) is 0 Å². The highest BCUT2D eigenvalue weighted by atomic mass is 32.2. The smallest absolute Gasteiger partial charge is 0.333 e. The normalized spacial score (nSPS) is 35.2. The molecule has 1 saturated heterocycles. The molecule has 2 N–H and O–H groups in total. The van der Waals surface area contributed by atoms with Crippen molar-refractivity contribution in [3.8, 4) is 0 Å². The van der Waals surface area contributed by atoms with Crippen LogP contribution in [-0.4, -0.2) is 61.7 Å². The van der Waals surface area contributed by atoms with Crippen LogP contribution < -0.4 is 10.0 Å². The average molecular weight is 525 g/mol. The number of nitrogens with one attached hydrogen (secondary N) is 2. The van der Waals surface area contributed by atoms with Crippen molar-refractivity contribution < 1.29 is 26.4 Å². The number of carbonyl (C=O) groups is 1. The highest BCUT2D eigenvalue weighted by Crippen LogP contribution is 2.57. The molecule has 4 saturated carbocycles. The van der Waals surface area contributed by atoms with Crippen LogP contribution in [0.1, 0.15) is 56.9 Å². The van der Waals surface area contributed by atoms with Crippen molar-refractivity contribution in [2.75, 3.05) is 19.6 Å². The van der Waals surface area contributed by atoms with Gasteiger partial charge in [0.25, 0.3) is 0 Å². The maximum absolute atomic E-state index is 13.2. The van der Waals surface area contributed by atoms with Crippen molar-refractivity contribution >= 4 is 21.6 Å². The molecular formula is C25H31F3N4O3S. The van der Waals surface area contributed by atoms with Gasteiger partial charge in [0.1, 0.15) is 0 Å². The zero-order chi connectivity index (χ0) is 25.3. The van der Waals surface area contributed by atoms with Crippen LogP contribution in [0.25, 0.3) is 0 Å². The Kier molecular flexibility index (Phi) is 5.59. The number of aliphatic imine (C=N–C) groups is 1. The fourth-order valence-electron chi connectivity index (χ4n) is 7.79. The Morgan fingerprint density at radius 2 is 1.72 bits per heavy atom. The summed E-state index contributed by atoms with van der Waals surface area (Å²) in [6, 6.07) is 3.80. The van der Waals surface area contributed by atoms with E-state index in [9.17, 15) is 26.4 Å². The highest BCUT2D eigenvalue weighted by molar-refractivity contribution is 7.89. The number of likely N-dealkylation sites (tertiary alicyclic amines) is 1. The number of benzene rings is 1. The van der Waals surface area contributed by atoms with Gasteiger partial charge in [-0.25, -0.2) is 13.1 Å². The van der Waals surface area contributed by atoms with E-state index in [0.717, 1.165) is 88.0 Å². The van der Waals surface area contributed by atoms with Crippen molar-refractivity contribution in [1.29, 1.82) is 0 Å². The first kappa shape index (κ1) is 24.4. The molecule has 11 heteroatoms. The van der Waals surface area contributed by atoms with Crippen LogP contribution in [0.5, 0.6) is 0 Å². The largest absolute Gasteiger partial charge is 0.416 e. The lowest BCUT2D eigenvalue weighted by Crippen LogP contribution is -2.69. The molecule has 6 aliphatic rings. The Balaban J connectivity index is 1.17. The van der Waals surface area contributed by atoms with Crippen LogP contribution >= 0.6 is 0 Å². The Bertz CT molecular complexity index is 1180. The van der Waals surface area contributed by atoms with Gasteiger partial charge in [-0.15, -0.1) is 0 Å². The van der Waals surface area contributed by atoms with Crippen LogP contribution in [0.4, 0.5) is 13.2 Å². The third kappa shape index (κ3) is 4.47. The third-order valence-electron chi connectivity index (χ3n) is 8.82. The molecule has 36 heavy (non-hydrogen) atoms. The second-order valence-corrected chi connectivity index (χ2v) is 13.2. The van der Waals surface area contributed by atoms with E-state index in [1.165, 1.54) is 0 Å². The summed E-state index contributed by atoms with van der Waals surface area (Å²) in [5.41, 5.74) is -0.722. The first-order valence-electron chi connectivity index (χ1n) is 12.8. The SMILES string of the molecule is O=C(CNC12CC3CC(C1)CC(NS(=O)(=O)c1ccc(C(F)(F)F)cc1)(C3)C2)N1CCC[C@H]1C1=NC1. The maximum atomic E-state index is 13.2. The van der Waals surface area contributed by atoms with Gasteiger partial charge >= 0.3 is 6.18 Å². The van der Waals surface area contributed by atoms with Crippen LogP contribution in [0.2, 0.25) is 0 Å². The molecule has 7 nitrogen and oxygen atoms in total. The minimum atomic E-state index is -4.52. The molecule has 1 amide bonds. The van der Waals surface area contributed by atoms with E-state index >= 15 is 0 Å². The summed E-state index contributed by atoms with van der Waals surface area (Å²) >= 11 is 0. The standard InChI is InChI=1S/C25H31F3N4O3S/c26-25(27,28)18-3-5-19(6-4-18)36(34,35)31-24-11-16-8-17(12-24)10-23(9-16,15-24)30-14-22(33)32-7-1-2-21(32)20-13-29-20/h3-6,16-17,21,30-31H,1-2,7-15H2/t16?,17?,21-,23?,24?/m0/s1. The number of amides is 1. The molecule has 4 bridgehead atoms. The summed E-state index contributed by atoms with van der Waals surface area (Å²) in [5, 5.41) is 3.57. The molecule has 2 unspecified atom stereocenters. The fraction of sp³-hybridized carbons (Fsp3) is 0.680. The van der Waals surface area contributed by atoms with Crippen molar-refractivity contribution in [2.24, 2.45) is 16.8 Å². The number of rotatable bonds is 7. The minimum Gasteiger partial charge on any atom is -0.333 e. The van der Waals surface area contributed by atoms with Gasteiger partial charge in [-0.1, -0.05) is 0 Å². The number of carbonyl (C=O) groups excluding carboxylic acids is 1. The van der Waals surface area contributed by atoms with E-state index < -0.39 is 27.3 Å². The summed E-state index contributed by atoms with van der Waals surface area (Å²) in [5.74, 6) is 0.774.